The normalized spacial score (nSPS) is 13.2. The predicted octanol–water partition coefficient (Wildman–Crippen LogP) is 2.05. The summed E-state index contributed by atoms with van der Waals surface area (Å²) < 4.78 is 54.6. The van der Waals surface area contributed by atoms with Crippen LogP contribution in [-0.4, -0.2) is 155 Å². The van der Waals surface area contributed by atoms with Crippen molar-refractivity contribution in [1.82, 2.24) is 4.90 Å². The van der Waals surface area contributed by atoms with Gasteiger partial charge in [-0.05, 0) is 6.42 Å². The third-order valence-electron chi connectivity index (χ3n) is 6.10. The van der Waals surface area contributed by atoms with Crippen LogP contribution in [-0.2, 0) is 57.0 Å². The van der Waals surface area contributed by atoms with Gasteiger partial charge in [0.15, 0.2) is 0 Å². The molecule has 0 aromatic rings. The molecular formula is C31H57NO12. The Balaban J connectivity index is 1.62. The van der Waals surface area contributed by atoms with Gasteiger partial charge in [-0.3, -0.25) is 14.5 Å². The first-order chi connectivity index (χ1) is 21.8. The number of carbonyl (C=O) groups is 2. The standard InChI is InChI=1S/C31H57NO12/c1-2-3-4-5-6-10-35-12-14-37-16-18-39-20-22-41-24-26-43-28-29-44-27-25-42-23-21-40-19-17-38-15-13-36-11-9-32-30(33)7-8-31(32)34/h7-8H,2-6,9-29H2,1H3. The van der Waals surface area contributed by atoms with Crippen LogP contribution in [0.4, 0.5) is 0 Å². The molecule has 0 unspecified atom stereocenters. The summed E-state index contributed by atoms with van der Waals surface area (Å²) in [6, 6.07) is 0. The SMILES string of the molecule is CCCCCCCOCCOCCOCCOCCOCCOCCOCCOCCOCCOCCN1C(=O)C=CC1=O. The molecule has 0 fully saturated rings. The maximum Gasteiger partial charge on any atom is 0.253 e. The number of amides is 2. The Morgan fingerprint density at radius 3 is 0.977 bits per heavy atom. The molecule has 0 saturated heterocycles. The van der Waals surface area contributed by atoms with Gasteiger partial charge in [-0.25, -0.2) is 0 Å². The number of hydrogen-bond donors (Lipinski definition) is 0. The smallest absolute Gasteiger partial charge is 0.253 e. The molecule has 13 heteroatoms. The summed E-state index contributed by atoms with van der Waals surface area (Å²) in [5.74, 6) is -0.607. The molecule has 1 heterocycles. The second-order valence-electron chi connectivity index (χ2n) is 9.70. The molecule has 258 valence electrons. The number of hydrogen-bond acceptors (Lipinski definition) is 12. The van der Waals surface area contributed by atoms with Crippen molar-refractivity contribution in [2.24, 2.45) is 0 Å². The summed E-state index contributed by atoms with van der Waals surface area (Å²) in [5.41, 5.74) is 0. The number of ether oxygens (including phenoxy) is 10. The lowest BCUT2D eigenvalue weighted by Crippen LogP contribution is -2.33. The molecule has 0 saturated carbocycles. The highest BCUT2D eigenvalue weighted by molar-refractivity contribution is 6.12. The zero-order valence-electron chi connectivity index (χ0n) is 26.9. The second kappa shape index (κ2) is 32.9. The number of nitrogens with zero attached hydrogens (tertiary/aromatic N) is 1. The molecule has 1 rings (SSSR count). The van der Waals surface area contributed by atoms with Crippen LogP contribution in [0, 0.1) is 0 Å². The Morgan fingerprint density at radius 2 is 0.659 bits per heavy atom. The first-order valence-electron chi connectivity index (χ1n) is 16.1. The minimum absolute atomic E-state index is 0.243. The van der Waals surface area contributed by atoms with E-state index in [9.17, 15) is 9.59 Å². The van der Waals surface area contributed by atoms with Crippen molar-refractivity contribution in [2.75, 3.05) is 139 Å². The molecule has 0 N–H and O–H groups in total. The first-order valence-corrected chi connectivity index (χ1v) is 16.1. The summed E-state index contributed by atoms with van der Waals surface area (Å²) in [6.07, 6.45) is 8.77. The van der Waals surface area contributed by atoms with Gasteiger partial charge in [0.2, 0.25) is 0 Å². The lowest BCUT2D eigenvalue weighted by Gasteiger charge is -2.13. The maximum atomic E-state index is 11.4. The van der Waals surface area contributed by atoms with Crippen LogP contribution >= 0.6 is 0 Å². The van der Waals surface area contributed by atoms with E-state index in [0.29, 0.717) is 119 Å². The van der Waals surface area contributed by atoms with Crippen LogP contribution in [0.25, 0.3) is 0 Å². The summed E-state index contributed by atoms with van der Waals surface area (Å²) in [4.78, 5) is 23.9. The van der Waals surface area contributed by atoms with Crippen molar-refractivity contribution in [3.63, 3.8) is 0 Å². The highest BCUT2D eigenvalue weighted by Gasteiger charge is 2.22. The van der Waals surface area contributed by atoms with Crippen molar-refractivity contribution < 1.29 is 57.0 Å². The van der Waals surface area contributed by atoms with Crippen molar-refractivity contribution in [1.29, 1.82) is 0 Å². The molecule has 13 nitrogen and oxygen atoms in total. The largest absolute Gasteiger partial charge is 0.379 e. The number of rotatable bonds is 36. The van der Waals surface area contributed by atoms with E-state index >= 15 is 0 Å². The number of imide groups is 1. The van der Waals surface area contributed by atoms with Crippen LogP contribution in [0.3, 0.4) is 0 Å². The average molecular weight is 636 g/mol. The fourth-order valence-electron chi connectivity index (χ4n) is 3.70. The van der Waals surface area contributed by atoms with Crippen molar-refractivity contribution in [3.05, 3.63) is 12.2 Å². The number of carbonyl (C=O) groups excluding carboxylic acids is 2. The van der Waals surface area contributed by atoms with Gasteiger partial charge in [0, 0.05) is 18.8 Å². The van der Waals surface area contributed by atoms with E-state index in [0.717, 1.165) is 17.9 Å². The Kier molecular flexibility index (Phi) is 30.2. The maximum absolute atomic E-state index is 11.4. The van der Waals surface area contributed by atoms with Crippen LogP contribution in [0.2, 0.25) is 0 Å². The lowest BCUT2D eigenvalue weighted by molar-refractivity contribution is -0.137. The number of unbranched alkanes of at least 4 members (excludes halogenated alkanes) is 4. The van der Waals surface area contributed by atoms with Gasteiger partial charge in [0.05, 0.1) is 132 Å². The minimum atomic E-state index is -0.303. The van der Waals surface area contributed by atoms with E-state index in [2.05, 4.69) is 6.92 Å². The van der Waals surface area contributed by atoms with Crippen molar-refractivity contribution >= 4 is 11.8 Å². The lowest BCUT2D eigenvalue weighted by atomic mass is 10.2. The van der Waals surface area contributed by atoms with E-state index in [1.165, 1.54) is 37.8 Å². The Labute approximate surface area is 263 Å². The molecule has 0 radical (unpaired) electrons. The molecule has 0 atom stereocenters. The second-order valence-corrected chi connectivity index (χ2v) is 9.70. The first kappa shape index (κ1) is 40.5. The molecule has 0 aromatic carbocycles. The van der Waals surface area contributed by atoms with Crippen LogP contribution < -0.4 is 0 Å². The van der Waals surface area contributed by atoms with Gasteiger partial charge < -0.3 is 47.4 Å². The molecule has 0 aliphatic carbocycles. The topological polar surface area (TPSA) is 130 Å². The molecular weight excluding hydrogens is 578 g/mol. The van der Waals surface area contributed by atoms with Gasteiger partial charge in [-0.1, -0.05) is 32.6 Å². The van der Waals surface area contributed by atoms with Crippen LogP contribution in [0.15, 0.2) is 12.2 Å². The molecule has 0 aromatic heterocycles. The summed E-state index contributed by atoms with van der Waals surface area (Å²) in [6.45, 7) is 12.6. The summed E-state index contributed by atoms with van der Waals surface area (Å²) in [5, 5.41) is 0. The zero-order valence-corrected chi connectivity index (χ0v) is 26.9. The highest BCUT2D eigenvalue weighted by atomic mass is 16.6. The van der Waals surface area contributed by atoms with E-state index in [-0.39, 0.29) is 25.0 Å². The molecule has 44 heavy (non-hydrogen) atoms. The molecule has 1 aliphatic rings. The van der Waals surface area contributed by atoms with E-state index in [1.807, 2.05) is 0 Å². The summed E-state index contributed by atoms with van der Waals surface area (Å²) >= 11 is 0. The van der Waals surface area contributed by atoms with Crippen molar-refractivity contribution in [3.8, 4) is 0 Å². The van der Waals surface area contributed by atoms with E-state index < -0.39 is 0 Å². The Morgan fingerprint density at radius 1 is 0.386 bits per heavy atom. The van der Waals surface area contributed by atoms with Crippen molar-refractivity contribution in [2.45, 2.75) is 39.0 Å². The Bertz CT molecular complexity index is 664. The quantitative estimate of drug-likeness (QED) is 0.0738. The van der Waals surface area contributed by atoms with Gasteiger partial charge in [0.1, 0.15) is 0 Å². The molecule has 1 aliphatic heterocycles. The van der Waals surface area contributed by atoms with Gasteiger partial charge in [0.25, 0.3) is 11.8 Å². The van der Waals surface area contributed by atoms with Gasteiger partial charge >= 0.3 is 0 Å². The van der Waals surface area contributed by atoms with Crippen LogP contribution in [0.5, 0.6) is 0 Å². The zero-order chi connectivity index (χ0) is 31.6. The predicted molar refractivity (Wildman–Crippen MR) is 163 cm³/mol. The minimum Gasteiger partial charge on any atom is -0.379 e. The van der Waals surface area contributed by atoms with Gasteiger partial charge in [-0.2, -0.15) is 0 Å². The summed E-state index contributed by atoms with van der Waals surface area (Å²) in [7, 11) is 0. The highest BCUT2D eigenvalue weighted by Crippen LogP contribution is 2.03. The van der Waals surface area contributed by atoms with E-state index in [4.69, 9.17) is 47.4 Å². The fraction of sp³-hybridized carbons (Fsp3) is 0.871. The molecule has 2 amide bonds. The third-order valence-corrected chi connectivity index (χ3v) is 6.10. The molecule has 0 bridgehead atoms. The van der Waals surface area contributed by atoms with E-state index in [1.54, 1.807) is 0 Å². The third kappa shape index (κ3) is 26.8. The molecule has 0 spiro atoms. The van der Waals surface area contributed by atoms with Crippen LogP contribution in [0.1, 0.15) is 39.0 Å². The van der Waals surface area contributed by atoms with Gasteiger partial charge in [-0.15, -0.1) is 0 Å². The average Bonchev–Trinajstić information content (AvgIpc) is 3.35. The Hall–Kier alpha value is -1.52. The fourth-order valence-corrected chi connectivity index (χ4v) is 3.70. The monoisotopic (exact) mass is 635 g/mol.